The van der Waals surface area contributed by atoms with Crippen molar-refractivity contribution in [1.29, 1.82) is 0 Å². The van der Waals surface area contributed by atoms with Crippen molar-refractivity contribution in [3.8, 4) is 0 Å². The summed E-state index contributed by atoms with van der Waals surface area (Å²) in [6.07, 6.45) is 0.00173. The summed E-state index contributed by atoms with van der Waals surface area (Å²) in [7, 11) is 2.11. The van der Waals surface area contributed by atoms with E-state index in [1.807, 2.05) is 48.7 Å². The lowest BCUT2D eigenvalue weighted by Crippen LogP contribution is -2.33. The largest absolute Gasteiger partial charge is 0.388 e. The van der Waals surface area contributed by atoms with Gasteiger partial charge in [-0.3, -0.25) is 0 Å². The van der Waals surface area contributed by atoms with Crippen molar-refractivity contribution < 1.29 is 19.0 Å². The van der Waals surface area contributed by atoms with E-state index in [1.165, 1.54) is 0 Å². The lowest BCUT2D eigenvalue weighted by molar-refractivity contribution is -0.168. The third kappa shape index (κ3) is 5.19. The Morgan fingerprint density at radius 3 is 2.57 bits per heavy atom. The number of aliphatic hydroxyl groups excluding tert-OH is 1. The number of rotatable bonds is 9. The summed E-state index contributed by atoms with van der Waals surface area (Å²) in [5.74, 6) is 0.227. The summed E-state index contributed by atoms with van der Waals surface area (Å²) in [5.41, 5.74) is 1.82. The highest BCUT2D eigenvalue weighted by Crippen LogP contribution is 2.40. The van der Waals surface area contributed by atoms with Gasteiger partial charge in [-0.15, -0.1) is 11.3 Å². The molecule has 4 nitrogen and oxygen atoms in total. The molecular formula is C22H30FNO3S. The molecule has 1 fully saturated rings. The maximum Gasteiger partial charge on any atom is 0.187 e. The van der Waals surface area contributed by atoms with Crippen LogP contribution in [0.5, 0.6) is 0 Å². The Kier molecular flexibility index (Phi) is 8.00. The van der Waals surface area contributed by atoms with Gasteiger partial charge in [0.1, 0.15) is 12.8 Å². The lowest BCUT2D eigenvalue weighted by atomic mass is 9.87. The fourth-order valence-corrected chi connectivity index (χ4v) is 4.77. The van der Waals surface area contributed by atoms with Crippen molar-refractivity contribution in [2.45, 2.75) is 38.3 Å². The highest BCUT2D eigenvalue weighted by atomic mass is 32.1. The number of alkyl halides is 1. The molecule has 0 saturated carbocycles. The second-order valence-electron chi connectivity index (χ2n) is 7.29. The monoisotopic (exact) mass is 407 g/mol. The molecule has 154 valence electrons. The predicted octanol–water partition coefficient (Wildman–Crippen LogP) is 4.56. The van der Waals surface area contributed by atoms with Crippen molar-refractivity contribution in [3.63, 3.8) is 0 Å². The molecule has 1 N–H and O–H groups in total. The van der Waals surface area contributed by atoms with Gasteiger partial charge in [-0.2, -0.15) is 0 Å². The second kappa shape index (κ2) is 10.5. The van der Waals surface area contributed by atoms with Gasteiger partial charge < -0.3 is 19.5 Å². The number of aliphatic hydroxyl groups is 1. The molecule has 0 aliphatic carbocycles. The van der Waals surface area contributed by atoms with E-state index in [2.05, 4.69) is 11.9 Å². The van der Waals surface area contributed by atoms with E-state index < -0.39 is 25.2 Å². The van der Waals surface area contributed by atoms with Crippen LogP contribution in [-0.2, 0) is 9.47 Å². The number of hydrogen-bond acceptors (Lipinski definition) is 5. The molecule has 1 aromatic carbocycles. The Balaban J connectivity index is 1.87. The Morgan fingerprint density at radius 1 is 1.21 bits per heavy atom. The minimum atomic E-state index is -0.925. The van der Waals surface area contributed by atoms with Gasteiger partial charge in [-0.25, -0.2) is 4.39 Å². The van der Waals surface area contributed by atoms with Gasteiger partial charge in [0.15, 0.2) is 6.29 Å². The molecule has 1 aliphatic rings. The molecule has 1 saturated heterocycles. The number of hydrogen-bond donors (Lipinski definition) is 1. The molecule has 3 rings (SSSR count). The third-order valence-corrected chi connectivity index (χ3v) is 6.34. The molecule has 28 heavy (non-hydrogen) atoms. The minimum absolute atomic E-state index is 0.227. The summed E-state index contributed by atoms with van der Waals surface area (Å²) in [6, 6.07) is 11.7. The highest BCUT2D eigenvalue weighted by molar-refractivity contribution is 7.10. The van der Waals surface area contributed by atoms with Gasteiger partial charge in [0.2, 0.25) is 0 Å². The van der Waals surface area contributed by atoms with Gasteiger partial charge in [-0.1, -0.05) is 30.3 Å². The second-order valence-corrected chi connectivity index (χ2v) is 8.24. The molecular weight excluding hydrogens is 377 g/mol. The normalized spacial score (nSPS) is 19.4. The molecule has 0 radical (unpaired) electrons. The number of likely N-dealkylation sites (tertiary alicyclic amines) is 1. The summed E-state index contributed by atoms with van der Waals surface area (Å²) < 4.78 is 24.9. The van der Waals surface area contributed by atoms with Crippen LogP contribution < -0.4 is 0 Å². The first-order valence-electron chi connectivity index (χ1n) is 9.95. The zero-order valence-electron chi connectivity index (χ0n) is 16.6. The van der Waals surface area contributed by atoms with Crippen LogP contribution in [-0.4, -0.2) is 49.7 Å². The summed E-state index contributed by atoms with van der Waals surface area (Å²) in [6.45, 7) is 3.48. The minimum Gasteiger partial charge on any atom is -0.388 e. The number of nitrogens with zero attached hydrogens (tertiary/aromatic N) is 1. The molecule has 0 bridgehead atoms. The van der Waals surface area contributed by atoms with Crippen molar-refractivity contribution in [3.05, 3.63) is 57.8 Å². The maximum atomic E-state index is 13.4. The number of halogens is 1. The summed E-state index contributed by atoms with van der Waals surface area (Å²) in [5, 5.41) is 13.1. The van der Waals surface area contributed by atoms with E-state index in [0.29, 0.717) is 6.61 Å². The molecule has 0 amide bonds. The smallest absolute Gasteiger partial charge is 0.187 e. The Bertz CT molecular complexity index is 703. The fraction of sp³-hybridized carbons (Fsp3) is 0.545. The quantitative estimate of drug-likeness (QED) is 0.619. The topological polar surface area (TPSA) is 41.9 Å². The Labute approximate surface area is 170 Å². The molecule has 3 atom stereocenters. The number of piperidine rings is 1. The van der Waals surface area contributed by atoms with Crippen LogP contribution in [0.15, 0.2) is 41.8 Å². The third-order valence-electron chi connectivity index (χ3n) is 5.36. The average molecular weight is 408 g/mol. The van der Waals surface area contributed by atoms with E-state index >= 15 is 0 Å². The van der Waals surface area contributed by atoms with Gasteiger partial charge >= 0.3 is 0 Å². The Morgan fingerprint density at radius 2 is 1.93 bits per heavy atom. The first kappa shape index (κ1) is 21.4. The van der Waals surface area contributed by atoms with E-state index in [1.54, 1.807) is 11.3 Å². The predicted molar refractivity (Wildman–Crippen MR) is 110 cm³/mol. The molecule has 2 heterocycles. The molecule has 3 unspecified atom stereocenters. The molecule has 6 heteroatoms. The lowest BCUT2D eigenvalue weighted by Gasteiger charge is -2.33. The first-order valence-corrected chi connectivity index (χ1v) is 10.8. The van der Waals surface area contributed by atoms with Gasteiger partial charge in [0.25, 0.3) is 0 Å². The van der Waals surface area contributed by atoms with Crippen LogP contribution in [0.2, 0.25) is 0 Å². The highest BCUT2D eigenvalue weighted by Gasteiger charge is 2.31. The zero-order valence-corrected chi connectivity index (χ0v) is 17.4. The van der Waals surface area contributed by atoms with E-state index in [-0.39, 0.29) is 5.92 Å². The van der Waals surface area contributed by atoms with Crippen molar-refractivity contribution >= 4 is 11.3 Å². The van der Waals surface area contributed by atoms with E-state index in [0.717, 1.165) is 41.9 Å². The van der Waals surface area contributed by atoms with Crippen molar-refractivity contribution in [2.75, 3.05) is 33.4 Å². The van der Waals surface area contributed by atoms with E-state index in [4.69, 9.17) is 9.47 Å². The van der Waals surface area contributed by atoms with E-state index in [9.17, 15) is 9.50 Å². The summed E-state index contributed by atoms with van der Waals surface area (Å²) in [4.78, 5) is 3.22. The van der Waals surface area contributed by atoms with Crippen molar-refractivity contribution in [1.82, 2.24) is 4.90 Å². The van der Waals surface area contributed by atoms with Crippen LogP contribution in [0, 0.1) is 5.92 Å². The fourth-order valence-electron chi connectivity index (χ4n) is 3.76. The van der Waals surface area contributed by atoms with Gasteiger partial charge in [0.05, 0.1) is 6.10 Å². The van der Waals surface area contributed by atoms with Crippen LogP contribution in [0.3, 0.4) is 0 Å². The summed E-state index contributed by atoms with van der Waals surface area (Å²) >= 11 is 1.54. The van der Waals surface area contributed by atoms with Gasteiger partial charge in [0, 0.05) is 11.5 Å². The molecule has 0 spiro atoms. The zero-order chi connectivity index (χ0) is 19.9. The van der Waals surface area contributed by atoms with Crippen LogP contribution in [0.4, 0.5) is 4.39 Å². The number of benzene rings is 1. The molecule has 1 aromatic heterocycles. The Hall–Kier alpha value is -1.31. The maximum absolute atomic E-state index is 13.4. The molecule has 2 aromatic rings. The van der Waals surface area contributed by atoms with Crippen LogP contribution in [0.25, 0.3) is 0 Å². The first-order chi connectivity index (χ1) is 13.6. The standard InChI is InChI=1S/C22H30FNO3S/c1-3-26-19(15-23)27-21(17-7-5-4-6-8-17)22-18(11-14-28-22)20(25)16-9-12-24(2)13-10-16/h4-8,11,14,16,19-21,25H,3,9-10,12-13,15H2,1-2H3. The number of thiophene rings is 1. The number of ether oxygens (including phenoxy) is 2. The average Bonchev–Trinajstić information content (AvgIpc) is 3.21. The van der Waals surface area contributed by atoms with Crippen molar-refractivity contribution in [2.24, 2.45) is 5.92 Å². The van der Waals surface area contributed by atoms with Gasteiger partial charge in [-0.05, 0) is 68.4 Å². The van der Waals surface area contributed by atoms with Crippen LogP contribution >= 0.6 is 11.3 Å². The SMILES string of the molecule is CCOC(CF)OC(c1ccccc1)c1sccc1C(O)C1CCN(C)CC1. The van der Waals surface area contributed by atoms with Crippen LogP contribution in [0.1, 0.15) is 48.0 Å². The molecule has 1 aliphatic heterocycles.